The molecule has 53 heavy (non-hydrogen) atoms. The number of hydrogen-bond donors (Lipinski definition) is 0. The largest absolute Gasteiger partial charge is 0.309 e. The molecule has 2 aromatic heterocycles. The minimum absolute atomic E-state index is 0.111. The third-order valence-electron chi connectivity index (χ3n) is 11.1. The van der Waals surface area contributed by atoms with E-state index in [4.69, 9.17) is 9.60 Å². The van der Waals surface area contributed by atoms with Crippen LogP contribution in [0.5, 0.6) is 0 Å². The lowest BCUT2D eigenvalue weighted by Crippen LogP contribution is -2.15. The summed E-state index contributed by atoms with van der Waals surface area (Å²) in [6, 6.07) is 40.3. The molecule has 0 radical (unpaired) electrons. The highest BCUT2D eigenvalue weighted by atomic mass is 15.0. The molecule has 1 aliphatic carbocycles. The molecular weight excluding hydrogens is 641 g/mol. The van der Waals surface area contributed by atoms with Gasteiger partial charge >= 0.3 is 0 Å². The SMILES string of the molecule is [2H]c1c([2H])c([2H])c(-c2cccc3c2-c2ccc(-n4c5ccc(-c6ccc7c(c6)c6ccccc6n7-c6ccccc6)cc5c5c([2H])c([2H])c([2H])c([2H])c54)cc2C3(C)C)c([2H])c1[2H]. The number of nitrogens with zero attached hydrogens (tertiary/aromatic N) is 2. The fourth-order valence-corrected chi connectivity index (χ4v) is 8.68. The summed E-state index contributed by atoms with van der Waals surface area (Å²) in [4.78, 5) is 0. The molecule has 2 heteroatoms. The van der Waals surface area contributed by atoms with Gasteiger partial charge in [-0.15, -0.1) is 0 Å². The van der Waals surface area contributed by atoms with E-state index in [1.807, 2.05) is 71.3 Å². The summed E-state index contributed by atoms with van der Waals surface area (Å²) in [6.45, 7) is 4.21. The van der Waals surface area contributed by atoms with Crippen LogP contribution in [0.1, 0.15) is 37.3 Å². The summed E-state index contributed by atoms with van der Waals surface area (Å²) >= 11 is 0. The zero-order valence-electron chi connectivity index (χ0n) is 38.0. The Labute approximate surface area is 321 Å². The van der Waals surface area contributed by atoms with Gasteiger partial charge in [-0.05, 0) is 105 Å². The maximum absolute atomic E-state index is 9.26. The molecule has 0 amide bonds. The molecule has 2 heterocycles. The predicted octanol–water partition coefficient (Wildman–Crippen LogP) is 13.5. The molecule has 0 aliphatic heterocycles. The fourth-order valence-electron chi connectivity index (χ4n) is 8.68. The van der Waals surface area contributed by atoms with Crippen LogP contribution in [0.3, 0.4) is 0 Å². The zero-order valence-corrected chi connectivity index (χ0v) is 29.0. The van der Waals surface area contributed by atoms with Crippen molar-refractivity contribution in [2.45, 2.75) is 19.3 Å². The highest BCUT2D eigenvalue weighted by molar-refractivity contribution is 6.12. The van der Waals surface area contributed by atoms with Crippen LogP contribution in [0.2, 0.25) is 0 Å². The Morgan fingerprint density at radius 3 is 1.87 bits per heavy atom. The number of benzene rings is 8. The molecule has 0 bridgehead atoms. The van der Waals surface area contributed by atoms with Gasteiger partial charge in [-0.2, -0.15) is 0 Å². The fraction of sp³-hybridized carbons (Fsp3) is 0.0588. The van der Waals surface area contributed by atoms with E-state index in [2.05, 4.69) is 79.1 Å². The van der Waals surface area contributed by atoms with Crippen molar-refractivity contribution in [3.63, 3.8) is 0 Å². The van der Waals surface area contributed by atoms with Crippen molar-refractivity contribution in [2.24, 2.45) is 0 Å². The van der Waals surface area contributed by atoms with Gasteiger partial charge < -0.3 is 9.13 Å². The van der Waals surface area contributed by atoms with Crippen LogP contribution in [0.4, 0.5) is 0 Å². The summed E-state index contributed by atoms with van der Waals surface area (Å²) < 4.78 is 82.8. The summed E-state index contributed by atoms with van der Waals surface area (Å²) in [5, 5.41) is 3.36. The normalized spacial score (nSPS) is 15.6. The summed E-state index contributed by atoms with van der Waals surface area (Å²) in [5.74, 6) is 0. The first-order valence-corrected chi connectivity index (χ1v) is 17.8. The van der Waals surface area contributed by atoms with Gasteiger partial charge in [0.15, 0.2) is 0 Å². The topological polar surface area (TPSA) is 9.86 Å². The number of hydrogen-bond acceptors (Lipinski definition) is 0. The Morgan fingerprint density at radius 1 is 0.415 bits per heavy atom. The van der Waals surface area contributed by atoms with E-state index < -0.39 is 11.5 Å². The molecule has 0 N–H and O–H groups in total. The van der Waals surface area contributed by atoms with Gasteiger partial charge in [-0.3, -0.25) is 0 Å². The second-order valence-corrected chi connectivity index (χ2v) is 14.3. The lowest BCUT2D eigenvalue weighted by atomic mass is 9.82. The Bertz CT molecular complexity index is 3570. The quantitative estimate of drug-likeness (QED) is 0.174. The molecule has 0 unspecified atom stereocenters. The Morgan fingerprint density at radius 2 is 1.08 bits per heavy atom. The van der Waals surface area contributed by atoms with E-state index in [1.54, 1.807) is 0 Å². The average Bonchev–Trinajstić information content (AvgIpc) is 3.89. The van der Waals surface area contributed by atoms with Crippen LogP contribution in [0.15, 0.2) is 182 Å². The first-order valence-electron chi connectivity index (χ1n) is 22.3. The highest BCUT2D eigenvalue weighted by Crippen LogP contribution is 2.53. The van der Waals surface area contributed by atoms with Crippen molar-refractivity contribution < 1.29 is 12.3 Å². The van der Waals surface area contributed by atoms with Crippen molar-refractivity contribution in [2.75, 3.05) is 0 Å². The standard InChI is InChI=1S/C51H36N2/c1-51(2)44-21-13-20-38(33-14-5-3-6-15-33)50(44)41-27-26-37(32-45(41)51)53-47-23-12-10-19-40(47)43-31-35(25-29-49(43)53)34-24-28-48-42(30-34)39-18-9-11-22-46(39)52(48)36-16-7-4-8-17-36/h3-32H,1-2H3/i3D,5D,6D,10D,12D,14D,15D,19D,23D. The number of aromatic nitrogens is 2. The van der Waals surface area contributed by atoms with Crippen molar-refractivity contribution in [1.82, 2.24) is 9.13 Å². The maximum Gasteiger partial charge on any atom is 0.0645 e. The van der Waals surface area contributed by atoms with Crippen molar-refractivity contribution in [1.29, 1.82) is 0 Å². The third kappa shape index (κ3) is 4.33. The van der Waals surface area contributed by atoms with Crippen LogP contribution in [-0.2, 0) is 5.41 Å². The summed E-state index contributed by atoms with van der Waals surface area (Å²) in [7, 11) is 0. The van der Waals surface area contributed by atoms with E-state index in [9.17, 15) is 2.74 Å². The second-order valence-electron chi connectivity index (χ2n) is 14.3. The van der Waals surface area contributed by atoms with Crippen LogP contribution in [-0.4, -0.2) is 9.13 Å². The lowest BCUT2D eigenvalue weighted by molar-refractivity contribution is 0.660. The van der Waals surface area contributed by atoms with Gasteiger partial charge in [0.1, 0.15) is 0 Å². The summed E-state index contributed by atoms with van der Waals surface area (Å²) in [5.41, 5.74) is 10.6. The number of rotatable bonds is 4. The number of fused-ring (bicyclic) bond motifs is 9. The monoisotopic (exact) mass is 685 g/mol. The van der Waals surface area contributed by atoms with E-state index >= 15 is 0 Å². The Hall–Kier alpha value is -6.64. The second kappa shape index (κ2) is 11.2. The molecule has 10 aromatic rings. The predicted molar refractivity (Wildman–Crippen MR) is 224 cm³/mol. The number of para-hydroxylation sites is 3. The van der Waals surface area contributed by atoms with Gasteiger partial charge in [-0.25, -0.2) is 0 Å². The molecule has 8 aromatic carbocycles. The first kappa shape index (κ1) is 22.3. The Kier molecular flexibility index (Phi) is 4.71. The molecule has 0 saturated heterocycles. The maximum atomic E-state index is 9.26. The van der Waals surface area contributed by atoms with Gasteiger partial charge in [-0.1, -0.05) is 135 Å². The minimum Gasteiger partial charge on any atom is -0.309 e. The molecule has 2 nitrogen and oxygen atoms in total. The Balaban J connectivity index is 1.12. The van der Waals surface area contributed by atoms with Crippen LogP contribution in [0, 0.1) is 0 Å². The van der Waals surface area contributed by atoms with E-state index in [-0.39, 0.29) is 53.9 Å². The molecule has 0 spiro atoms. The van der Waals surface area contributed by atoms with Gasteiger partial charge in [0, 0.05) is 38.3 Å². The van der Waals surface area contributed by atoms with Crippen LogP contribution >= 0.6 is 0 Å². The van der Waals surface area contributed by atoms with Gasteiger partial charge in [0.05, 0.1) is 34.4 Å². The summed E-state index contributed by atoms with van der Waals surface area (Å²) in [6.07, 6.45) is 0. The highest BCUT2D eigenvalue weighted by Gasteiger charge is 2.37. The smallest absolute Gasteiger partial charge is 0.0645 e. The van der Waals surface area contributed by atoms with Gasteiger partial charge in [0.25, 0.3) is 0 Å². The molecule has 0 fully saturated rings. The molecule has 0 atom stereocenters. The van der Waals surface area contributed by atoms with Crippen molar-refractivity contribution in [3.05, 3.63) is 193 Å². The molecular formula is C51H36N2. The minimum atomic E-state index is -0.572. The molecule has 0 saturated carbocycles. The average molecular weight is 686 g/mol. The van der Waals surface area contributed by atoms with Crippen molar-refractivity contribution >= 4 is 43.6 Å². The van der Waals surface area contributed by atoms with E-state index in [0.717, 1.165) is 66.4 Å². The van der Waals surface area contributed by atoms with Crippen molar-refractivity contribution in [3.8, 4) is 44.8 Å². The third-order valence-corrected chi connectivity index (χ3v) is 11.1. The van der Waals surface area contributed by atoms with Crippen LogP contribution < -0.4 is 0 Å². The zero-order chi connectivity index (χ0) is 43.1. The van der Waals surface area contributed by atoms with E-state index in [1.165, 1.54) is 0 Å². The molecule has 1 aliphatic rings. The molecule has 250 valence electrons. The van der Waals surface area contributed by atoms with Gasteiger partial charge in [0.2, 0.25) is 0 Å². The van der Waals surface area contributed by atoms with Crippen LogP contribution in [0.25, 0.3) is 88.4 Å². The van der Waals surface area contributed by atoms with E-state index in [0.29, 0.717) is 27.5 Å². The molecule has 11 rings (SSSR count). The lowest BCUT2D eigenvalue weighted by Gasteiger charge is -2.22. The first-order chi connectivity index (χ1) is 29.8.